The Kier molecular flexibility index (Phi) is 4.33. The Morgan fingerprint density at radius 2 is 1.93 bits per heavy atom. The fourth-order valence-corrected chi connectivity index (χ4v) is 1.07. The van der Waals surface area contributed by atoms with Gasteiger partial charge in [-0.15, -0.1) is 0 Å². The van der Waals surface area contributed by atoms with Gasteiger partial charge in [-0.25, -0.2) is 0 Å². The molecular formula is C12H16O2. The highest BCUT2D eigenvalue weighted by molar-refractivity contribution is 5.79. The van der Waals surface area contributed by atoms with Crippen LogP contribution in [0.4, 0.5) is 0 Å². The van der Waals surface area contributed by atoms with Crippen molar-refractivity contribution in [3.63, 3.8) is 0 Å². The van der Waals surface area contributed by atoms with E-state index < -0.39 is 0 Å². The minimum Gasteiger partial charge on any atom is -0.369 e. The Labute approximate surface area is 84.9 Å². The summed E-state index contributed by atoms with van der Waals surface area (Å²) in [5.41, 5.74) is 2.35. The van der Waals surface area contributed by atoms with Crippen LogP contribution in [0.3, 0.4) is 0 Å². The number of ketones is 1. The van der Waals surface area contributed by atoms with E-state index in [2.05, 4.69) is 0 Å². The third-order valence-corrected chi connectivity index (χ3v) is 2.05. The van der Waals surface area contributed by atoms with Crippen LogP contribution in [0.25, 0.3) is 0 Å². The van der Waals surface area contributed by atoms with Gasteiger partial charge in [0, 0.05) is 6.42 Å². The molecule has 0 atom stereocenters. The van der Waals surface area contributed by atoms with E-state index in [1.54, 1.807) is 0 Å². The smallest absolute Gasteiger partial charge is 0.158 e. The topological polar surface area (TPSA) is 26.3 Å². The molecule has 0 aliphatic rings. The van der Waals surface area contributed by atoms with Crippen LogP contribution >= 0.6 is 0 Å². The molecule has 0 heterocycles. The first-order valence-electron chi connectivity index (χ1n) is 4.87. The summed E-state index contributed by atoms with van der Waals surface area (Å²) in [7, 11) is 0. The van der Waals surface area contributed by atoms with Crippen LogP contribution in [-0.2, 0) is 16.1 Å². The molecule has 2 heteroatoms. The maximum atomic E-state index is 10.9. The maximum absolute atomic E-state index is 10.9. The summed E-state index contributed by atoms with van der Waals surface area (Å²) >= 11 is 0. The van der Waals surface area contributed by atoms with Crippen molar-refractivity contribution in [2.75, 3.05) is 6.61 Å². The molecule has 0 spiro atoms. The average molecular weight is 192 g/mol. The summed E-state index contributed by atoms with van der Waals surface area (Å²) in [6.45, 7) is 4.64. The van der Waals surface area contributed by atoms with Gasteiger partial charge < -0.3 is 4.74 Å². The van der Waals surface area contributed by atoms with Crippen LogP contribution in [0.15, 0.2) is 24.3 Å². The van der Waals surface area contributed by atoms with Gasteiger partial charge in [-0.1, -0.05) is 36.8 Å². The van der Waals surface area contributed by atoms with E-state index in [0.717, 1.165) is 5.56 Å². The van der Waals surface area contributed by atoms with Crippen molar-refractivity contribution in [3.8, 4) is 0 Å². The quantitative estimate of drug-likeness (QED) is 0.716. The van der Waals surface area contributed by atoms with E-state index in [1.807, 2.05) is 38.1 Å². The van der Waals surface area contributed by atoms with E-state index in [-0.39, 0.29) is 12.4 Å². The Morgan fingerprint density at radius 1 is 1.29 bits per heavy atom. The largest absolute Gasteiger partial charge is 0.369 e. The summed E-state index contributed by atoms with van der Waals surface area (Å²) in [5, 5.41) is 0. The Balaban J connectivity index is 2.31. The van der Waals surface area contributed by atoms with Crippen molar-refractivity contribution in [2.45, 2.75) is 26.9 Å². The molecule has 2 nitrogen and oxygen atoms in total. The average Bonchev–Trinajstić information content (AvgIpc) is 2.21. The van der Waals surface area contributed by atoms with Crippen molar-refractivity contribution >= 4 is 5.78 Å². The van der Waals surface area contributed by atoms with E-state index >= 15 is 0 Å². The van der Waals surface area contributed by atoms with Crippen molar-refractivity contribution in [1.29, 1.82) is 0 Å². The third-order valence-electron chi connectivity index (χ3n) is 2.05. The Bertz CT molecular complexity index is 288. The van der Waals surface area contributed by atoms with Crippen molar-refractivity contribution in [1.82, 2.24) is 0 Å². The van der Waals surface area contributed by atoms with Gasteiger partial charge in [-0.3, -0.25) is 4.79 Å². The second-order valence-corrected chi connectivity index (χ2v) is 3.37. The first-order valence-corrected chi connectivity index (χ1v) is 4.87. The first-order chi connectivity index (χ1) is 6.72. The van der Waals surface area contributed by atoms with Gasteiger partial charge in [0.2, 0.25) is 0 Å². The molecule has 0 saturated carbocycles. The van der Waals surface area contributed by atoms with Crippen LogP contribution in [-0.4, -0.2) is 12.4 Å². The van der Waals surface area contributed by atoms with Crippen LogP contribution < -0.4 is 0 Å². The Morgan fingerprint density at radius 3 is 2.50 bits per heavy atom. The monoisotopic (exact) mass is 192 g/mol. The molecule has 1 rings (SSSR count). The normalized spacial score (nSPS) is 10.1. The predicted octanol–water partition coefficient (Wildman–Crippen LogP) is 2.49. The van der Waals surface area contributed by atoms with Gasteiger partial charge in [0.15, 0.2) is 5.78 Å². The molecule has 0 amide bonds. The molecule has 0 radical (unpaired) electrons. The number of hydrogen-bond acceptors (Lipinski definition) is 2. The summed E-state index contributed by atoms with van der Waals surface area (Å²) < 4.78 is 5.26. The zero-order valence-electron chi connectivity index (χ0n) is 8.75. The SMILES string of the molecule is CCC(=O)COCc1ccc(C)cc1. The third kappa shape index (κ3) is 3.71. The zero-order chi connectivity index (χ0) is 10.4. The molecule has 0 bridgehead atoms. The standard InChI is InChI=1S/C12H16O2/c1-3-12(13)9-14-8-11-6-4-10(2)5-7-11/h4-7H,3,8-9H2,1-2H3. The Hall–Kier alpha value is -1.15. The van der Waals surface area contributed by atoms with Crippen molar-refractivity contribution in [2.24, 2.45) is 0 Å². The van der Waals surface area contributed by atoms with Gasteiger partial charge in [-0.2, -0.15) is 0 Å². The van der Waals surface area contributed by atoms with E-state index in [9.17, 15) is 4.79 Å². The minimum atomic E-state index is 0.150. The molecule has 1 aromatic carbocycles. The van der Waals surface area contributed by atoms with Gasteiger partial charge in [-0.05, 0) is 12.5 Å². The molecule has 0 aromatic heterocycles. The molecule has 14 heavy (non-hydrogen) atoms. The van der Waals surface area contributed by atoms with Crippen LogP contribution in [0, 0.1) is 6.92 Å². The highest BCUT2D eigenvalue weighted by atomic mass is 16.5. The number of rotatable bonds is 5. The molecule has 0 aliphatic heterocycles. The number of hydrogen-bond donors (Lipinski definition) is 0. The predicted molar refractivity (Wildman–Crippen MR) is 56.1 cm³/mol. The lowest BCUT2D eigenvalue weighted by Crippen LogP contribution is -2.06. The molecule has 0 aliphatic carbocycles. The number of ether oxygens (including phenoxy) is 1. The van der Waals surface area contributed by atoms with Gasteiger partial charge in [0.05, 0.1) is 6.61 Å². The molecule has 0 fully saturated rings. The van der Waals surface area contributed by atoms with Gasteiger partial charge in [0.25, 0.3) is 0 Å². The first kappa shape index (κ1) is 10.9. The lowest BCUT2D eigenvalue weighted by Gasteiger charge is -2.03. The minimum absolute atomic E-state index is 0.150. The number of Topliss-reactive ketones (excluding diaryl/α,β-unsaturated/α-hetero) is 1. The summed E-state index contributed by atoms with van der Waals surface area (Å²) in [4.78, 5) is 10.9. The number of benzene rings is 1. The van der Waals surface area contributed by atoms with Crippen LogP contribution in [0.2, 0.25) is 0 Å². The van der Waals surface area contributed by atoms with Crippen molar-refractivity contribution in [3.05, 3.63) is 35.4 Å². The van der Waals surface area contributed by atoms with Crippen LogP contribution in [0.5, 0.6) is 0 Å². The maximum Gasteiger partial charge on any atom is 0.158 e. The molecule has 0 N–H and O–H groups in total. The fourth-order valence-electron chi connectivity index (χ4n) is 1.07. The fraction of sp³-hybridized carbons (Fsp3) is 0.417. The highest BCUT2D eigenvalue weighted by Crippen LogP contribution is 2.04. The van der Waals surface area contributed by atoms with E-state index in [0.29, 0.717) is 13.0 Å². The van der Waals surface area contributed by atoms with Crippen molar-refractivity contribution < 1.29 is 9.53 Å². The number of aryl methyl sites for hydroxylation is 1. The second-order valence-electron chi connectivity index (χ2n) is 3.37. The van der Waals surface area contributed by atoms with Gasteiger partial charge in [0.1, 0.15) is 6.61 Å². The lowest BCUT2D eigenvalue weighted by atomic mass is 10.2. The highest BCUT2D eigenvalue weighted by Gasteiger charge is 1.98. The summed E-state index contributed by atoms with van der Waals surface area (Å²) in [6.07, 6.45) is 0.550. The number of carbonyl (C=O) groups excluding carboxylic acids is 1. The summed E-state index contributed by atoms with van der Waals surface area (Å²) in [6, 6.07) is 8.12. The van der Waals surface area contributed by atoms with Crippen LogP contribution in [0.1, 0.15) is 24.5 Å². The van der Waals surface area contributed by atoms with E-state index in [1.165, 1.54) is 5.56 Å². The molecule has 0 saturated heterocycles. The van der Waals surface area contributed by atoms with E-state index in [4.69, 9.17) is 4.74 Å². The molecule has 1 aromatic rings. The molecular weight excluding hydrogens is 176 g/mol. The lowest BCUT2D eigenvalue weighted by molar-refractivity contribution is -0.123. The molecule has 76 valence electrons. The molecule has 0 unspecified atom stereocenters. The zero-order valence-corrected chi connectivity index (χ0v) is 8.75. The summed E-state index contributed by atoms with van der Waals surface area (Å²) in [5.74, 6) is 0.150. The van der Waals surface area contributed by atoms with Gasteiger partial charge >= 0.3 is 0 Å². The second kappa shape index (κ2) is 5.55. The number of carbonyl (C=O) groups is 1.